The average Bonchev–Trinajstić information content (AvgIpc) is 3.30. The van der Waals surface area contributed by atoms with Crippen molar-refractivity contribution in [2.45, 2.75) is 30.8 Å². The second-order valence-corrected chi connectivity index (χ2v) is 8.14. The Labute approximate surface area is 149 Å². The molecule has 0 bridgehead atoms. The molecular weight excluding hydrogens is 348 g/mol. The van der Waals surface area contributed by atoms with Crippen LogP contribution in [0.5, 0.6) is 0 Å². The highest BCUT2D eigenvalue weighted by molar-refractivity contribution is 8.02. The van der Waals surface area contributed by atoms with Crippen molar-refractivity contribution in [3.63, 3.8) is 0 Å². The molecule has 1 aliphatic heterocycles. The van der Waals surface area contributed by atoms with Gasteiger partial charge in [0.25, 0.3) is 0 Å². The monoisotopic (exact) mass is 370 g/mol. The Morgan fingerprint density at radius 2 is 2.25 bits per heavy atom. The second kappa shape index (κ2) is 7.91. The van der Waals surface area contributed by atoms with Gasteiger partial charge >= 0.3 is 0 Å². The van der Waals surface area contributed by atoms with Gasteiger partial charge in [-0.25, -0.2) is 0 Å². The van der Waals surface area contributed by atoms with Crippen LogP contribution in [0.1, 0.15) is 18.6 Å². The Bertz CT molecular complexity index is 590. The number of rotatable bonds is 8. The first-order valence-corrected chi connectivity index (χ1v) is 10.0. The topological polar surface area (TPSA) is 83.1 Å². The van der Waals surface area contributed by atoms with Crippen molar-refractivity contribution in [1.82, 2.24) is 0 Å². The molecule has 7 heteroatoms. The normalized spacial score (nSPS) is 29.4. The molecule has 0 saturated carbocycles. The van der Waals surface area contributed by atoms with Crippen LogP contribution in [-0.4, -0.2) is 45.6 Å². The van der Waals surface area contributed by atoms with Gasteiger partial charge < -0.3 is 24.5 Å². The fourth-order valence-corrected chi connectivity index (χ4v) is 5.67. The largest absolute Gasteiger partial charge is 0.509 e. The summed E-state index contributed by atoms with van der Waals surface area (Å²) in [6.45, 7) is -0.106. The number of furan rings is 1. The van der Waals surface area contributed by atoms with Crippen LogP contribution in [0.2, 0.25) is 0 Å². The van der Waals surface area contributed by atoms with Gasteiger partial charge in [-0.1, -0.05) is 0 Å². The van der Waals surface area contributed by atoms with Gasteiger partial charge in [0, 0.05) is 28.2 Å². The van der Waals surface area contributed by atoms with Gasteiger partial charge in [-0.2, -0.15) is 11.8 Å². The van der Waals surface area contributed by atoms with Crippen molar-refractivity contribution in [3.8, 4) is 0 Å². The van der Waals surface area contributed by atoms with E-state index in [1.165, 1.54) is 11.8 Å². The summed E-state index contributed by atoms with van der Waals surface area (Å²) in [5.41, 5.74) is -0.614. The molecule has 0 aromatic carbocycles. The van der Waals surface area contributed by atoms with Gasteiger partial charge in [-0.05, 0) is 24.6 Å². The lowest BCUT2D eigenvalue weighted by atomic mass is 9.90. The molecular formula is C17H22O5S2. The van der Waals surface area contributed by atoms with Crippen molar-refractivity contribution in [1.29, 1.82) is 0 Å². The number of aliphatic hydroxyl groups is 3. The van der Waals surface area contributed by atoms with Gasteiger partial charge in [0.15, 0.2) is 0 Å². The van der Waals surface area contributed by atoms with E-state index in [-0.39, 0.29) is 18.5 Å². The number of hydrogen-bond acceptors (Lipinski definition) is 7. The molecule has 1 aromatic heterocycles. The minimum atomic E-state index is -0.916. The minimum Gasteiger partial charge on any atom is -0.509 e. The quantitative estimate of drug-likeness (QED) is 0.649. The average molecular weight is 370 g/mol. The Balaban J connectivity index is 1.64. The van der Waals surface area contributed by atoms with Gasteiger partial charge in [-0.3, -0.25) is 0 Å². The van der Waals surface area contributed by atoms with E-state index in [1.807, 2.05) is 18.2 Å². The molecule has 0 fully saturated rings. The Kier molecular flexibility index (Phi) is 5.86. The molecule has 132 valence electrons. The zero-order chi connectivity index (χ0) is 17.0. The molecule has 0 spiro atoms. The highest BCUT2D eigenvalue weighted by Crippen LogP contribution is 2.50. The van der Waals surface area contributed by atoms with Crippen molar-refractivity contribution in [2.75, 3.05) is 18.1 Å². The molecule has 3 atom stereocenters. The lowest BCUT2D eigenvalue weighted by Crippen LogP contribution is -2.29. The van der Waals surface area contributed by atoms with Crippen LogP contribution in [0.15, 0.2) is 45.8 Å². The Morgan fingerprint density at radius 3 is 2.92 bits per heavy atom. The molecule has 3 unspecified atom stereocenters. The molecule has 1 aliphatic carbocycles. The van der Waals surface area contributed by atoms with Crippen LogP contribution in [0.3, 0.4) is 0 Å². The Morgan fingerprint density at radius 1 is 1.38 bits per heavy atom. The molecule has 0 amide bonds. The summed E-state index contributed by atoms with van der Waals surface area (Å²) in [5.74, 6) is 2.79. The van der Waals surface area contributed by atoms with Gasteiger partial charge in [0.1, 0.15) is 23.7 Å². The van der Waals surface area contributed by atoms with Crippen molar-refractivity contribution in [3.05, 3.63) is 47.2 Å². The molecule has 3 N–H and O–H groups in total. The second-order valence-electron chi connectivity index (χ2n) is 6.12. The first-order valence-electron chi connectivity index (χ1n) is 7.90. The van der Waals surface area contributed by atoms with Gasteiger partial charge in [-0.15, -0.1) is 11.8 Å². The van der Waals surface area contributed by atoms with Crippen molar-refractivity contribution < 1.29 is 24.5 Å². The summed E-state index contributed by atoms with van der Waals surface area (Å²) in [5, 5.41) is 30.4. The predicted molar refractivity (Wildman–Crippen MR) is 95.8 cm³/mol. The lowest BCUT2D eigenvalue weighted by Gasteiger charge is -2.29. The number of aliphatic hydroxyl groups excluding tert-OH is 3. The maximum absolute atomic E-state index is 10.3. The summed E-state index contributed by atoms with van der Waals surface area (Å²) in [4.78, 5) is 0.673. The minimum absolute atomic E-state index is 0.0139. The maximum atomic E-state index is 10.3. The van der Waals surface area contributed by atoms with Crippen LogP contribution in [0.4, 0.5) is 0 Å². The summed E-state index contributed by atoms with van der Waals surface area (Å²) in [7, 11) is 0. The third-order valence-corrected chi connectivity index (χ3v) is 7.03. The molecule has 5 nitrogen and oxygen atoms in total. The molecule has 24 heavy (non-hydrogen) atoms. The summed E-state index contributed by atoms with van der Waals surface area (Å²) < 4.78 is 10.8. The fourth-order valence-electron chi connectivity index (χ4n) is 2.98. The zero-order valence-electron chi connectivity index (χ0n) is 13.3. The molecule has 0 saturated heterocycles. The Hall–Kier alpha value is -1.02. The third-order valence-electron chi connectivity index (χ3n) is 4.30. The predicted octanol–water partition coefficient (Wildman–Crippen LogP) is 3.06. The number of hydrogen-bond donors (Lipinski definition) is 3. The summed E-state index contributed by atoms with van der Waals surface area (Å²) >= 11 is 3.11. The maximum Gasteiger partial charge on any atom is 0.131 e. The smallest absolute Gasteiger partial charge is 0.131 e. The number of thioether (sulfide) groups is 2. The standard InChI is InChI=1S/C17H22O5S2/c18-10-17(11-23-8-12-3-1-5-21-12)7-14(19)15(20)16(17)24-9-13-4-2-6-22-13/h1-2,4-6,12,14,18-20H,3,7-11H2. The molecule has 3 rings (SSSR count). The van der Waals surface area contributed by atoms with E-state index in [0.717, 1.165) is 17.9 Å². The van der Waals surface area contributed by atoms with E-state index in [0.29, 0.717) is 22.8 Å². The summed E-state index contributed by atoms with van der Waals surface area (Å²) in [6.07, 6.45) is 5.84. The van der Waals surface area contributed by atoms with Crippen LogP contribution in [0, 0.1) is 5.41 Å². The molecule has 2 heterocycles. The SMILES string of the molecule is OCC1(CSCC2CC=CO2)CC(O)C(O)=C1SCc1ccco1. The first-order chi connectivity index (χ1) is 11.6. The van der Waals surface area contributed by atoms with Crippen LogP contribution >= 0.6 is 23.5 Å². The number of ether oxygens (including phenoxy) is 1. The van der Waals surface area contributed by atoms with E-state index in [2.05, 4.69) is 0 Å². The molecule has 2 aliphatic rings. The van der Waals surface area contributed by atoms with Crippen LogP contribution < -0.4 is 0 Å². The van der Waals surface area contributed by atoms with Crippen LogP contribution in [-0.2, 0) is 10.5 Å². The third kappa shape index (κ3) is 3.79. The zero-order valence-corrected chi connectivity index (χ0v) is 14.9. The van der Waals surface area contributed by atoms with Crippen molar-refractivity contribution in [2.24, 2.45) is 5.41 Å². The first kappa shape index (κ1) is 17.8. The fraction of sp³-hybridized carbons (Fsp3) is 0.529. The highest BCUT2D eigenvalue weighted by Gasteiger charge is 2.46. The van der Waals surface area contributed by atoms with E-state index < -0.39 is 11.5 Å². The van der Waals surface area contributed by atoms with E-state index in [4.69, 9.17) is 9.15 Å². The van der Waals surface area contributed by atoms with Crippen LogP contribution in [0.25, 0.3) is 0 Å². The highest BCUT2D eigenvalue weighted by atomic mass is 32.2. The molecule has 1 aromatic rings. The van der Waals surface area contributed by atoms with Gasteiger partial charge in [0.2, 0.25) is 0 Å². The molecule has 0 radical (unpaired) electrons. The van der Waals surface area contributed by atoms with E-state index >= 15 is 0 Å². The summed E-state index contributed by atoms with van der Waals surface area (Å²) in [6, 6.07) is 3.69. The van der Waals surface area contributed by atoms with Crippen molar-refractivity contribution >= 4 is 23.5 Å². The van der Waals surface area contributed by atoms with E-state index in [9.17, 15) is 15.3 Å². The van der Waals surface area contributed by atoms with Gasteiger partial charge in [0.05, 0.1) is 24.9 Å². The lowest BCUT2D eigenvalue weighted by molar-refractivity contribution is 0.113. The van der Waals surface area contributed by atoms with E-state index in [1.54, 1.807) is 24.3 Å².